The molecule has 13 heavy (non-hydrogen) atoms. The van der Waals surface area contributed by atoms with Crippen LogP contribution in [-0.2, 0) is 0 Å². The Morgan fingerprint density at radius 1 is 1.77 bits per heavy atom. The minimum Gasteiger partial charge on any atom is -0.470 e. The van der Waals surface area contributed by atoms with Gasteiger partial charge in [0.1, 0.15) is 6.10 Å². The van der Waals surface area contributed by atoms with Crippen LogP contribution in [0.4, 0.5) is 4.39 Å². The predicted molar refractivity (Wildman–Crippen MR) is 54.1 cm³/mol. The molecule has 0 fully saturated rings. The van der Waals surface area contributed by atoms with Crippen molar-refractivity contribution in [2.75, 3.05) is 6.61 Å². The van der Waals surface area contributed by atoms with Gasteiger partial charge in [-0.2, -0.15) is 4.39 Å². The molecule has 1 aromatic rings. The predicted octanol–water partition coefficient (Wildman–Crippen LogP) is 1.58. The lowest BCUT2D eigenvalue weighted by atomic mass is 10.4. The van der Waals surface area contributed by atoms with Gasteiger partial charge >= 0.3 is 0 Å². The molecule has 72 valence electrons. The normalized spacial score (nSPS) is 12.6. The summed E-state index contributed by atoms with van der Waals surface area (Å²) in [6, 6.07) is 1.55. The van der Waals surface area contributed by atoms with E-state index in [4.69, 9.17) is 9.84 Å². The van der Waals surface area contributed by atoms with Gasteiger partial charge in [0.15, 0.2) is 5.82 Å². The van der Waals surface area contributed by atoms with E-state index >= 15 is 0 Å². The van der Waals surface area contributed by atoms with Crippen molar-refractivity contribution in [2.24, 2.45) is 0 Å². The van der Waals surface area contributed by atoms with E-state index in [-0.39, 0.29) is 12.5 Å². The molecule has 0 aromatic carbocycles. The molecule has 1 rings (SSSR count). The summed E-state index contributed by atoms with van der Waals surface area (Å²) in [4.78, 5) is 3.71. The third kappa shape index (κ3) is 2.77. The highest BCUT2D eigenvalue weighted by Gasteiger charge is 2.11. The molecule has 0 aliphatic heterocycles. The average Bonchev–Trinajstić information content (AvgIpc) is 2.13. The van der Waals surface area contributed by atoms with Crippen molar-refractivity contribution >= 4 is 22.6 Å². The Balaban J connectivity index is 2.83. The maximum Gasteiger partial charge on any atom is 0.251 e. The fraction of sp³-hybridized carbons (Fsp3) is 0.375. The Morgan fingerprint density at radius 3 is 3.08 bits per heavy atom. The van der Waals surface area contributed by atoms with Crippen LogP contribution in [0.3, 0.4) is 0 Å². The number of halogens is 2. The zero-order valence-electron chi connectivity index (χ0n) is 7.00. The molecule has 0 saturated heterocycles. The van der Waals surface area contributed by atoms with Crippen LogP contribution >= 0.6 is 22.6 Å². The van der Waals surface area contributed by atoms with E-state index in [9.17, 15) is 4.39 Å². The number of rotatable bonds is 3. The van der Waals surface area contributed by atoms with E-state index in [1.54, 1.807) is 13.0 Å². The largest absolute Gasteiger partial charge is 0.470 e. The molecule has 0 radical (unpaired) electrons. The number of aromatic nitrogens is 1. The van der Waals surface area contributed by atoms with Crippen molar-refractivity contribution < 1.29 is 14.2 Å². The summed E-state index contributed by atoms with van der Waals surface area (Å²) in [5, 5.41) is 8.68. The number of ether oxygens (including phenoxy) is 1. The second kappa shape index (κ2) is 4.71. The van der Waals surface area contributed by atoms with Gasteiger partial charge in [0, 0.05) is 6.20 Å². The molecule has 5 heteroatoms. The van der Waals surface area contributed by atoms with E-state index in [1.807, 2.05) is 22.6 Å². The maximum absolute atomic E-state index is 13.2. The molecule has 1 aromatic heterocycles. The van der Waals surface area contributed by atoms with Gasteiger partial charge in [0.05, 0.1) is 10.2 Å². The third-order valence-electron chi connectivity index (χ3n) is 1.38. The van der Waals surface area contributed by atoms with Crippen molar-refractivity contribution in [3.63, 3.8) is 0 Å². The van der Waals surface area contributed by atoms with E-state index < -0.39 is 11.9 Å². The number of aliphatic hydroxyl groups is 1. The topological polar surface area (TPSA) is 42.4 Å². The van der Waals surface area contributed by atoms with E-state index in [1.165, 1.54) is 6.20 Å². The zero-order valence-corrected chi connectivity index (χ0v) is 9.16. The first-order valence-corrected chi connectivity index (χ1v) is 4.80. The molecule has 0 aliphatic carbocycles. The highest BCUT2D eigenvalue weighted by molar-refractivity contribution is 14.1. The second-order valence-electron chi connectivity index (χ2n) is 2.52. The number of nitrogens with zero attached hydrogens (tertiary/aromatic N) is 1. The lowest BCUT2D eigenvalue weighted by Crippen LogP contribution is -2.17. The molecule has 0 spiro atoms. The monoisotopic (exact) mass is 297 g/mol. The molecule has 1 N–H and O–H groups in total. The van der Waals surface area contributed by atoms with Gasteiger partial charge in [-0.25, -0.2) is 4.98 Å². The van der Waals surface area contributed by atoms with Crippen molar-refractivity contribution in [2.45, 2.75) is 13.0 Å². The van der Waals surface area contributed by atoms with Gasteiger partial charge in [-0.1, -0.05) is 0 Å². The summed E-state index contributed by atoms with van der Waals surface area (Å²) in [5.74, 6) is -0.545. The molecule has 1 heterocycles. The van der Waals surface area contributed by atoms with E-state index in [0.29, 0.717) is 3.57 Å². The SMILES string of the molecule is C[C@H](CO)Oc1nccc(I)c1F. The lowest BCUT2D eigenvalue weighted by molar-refractivity contribution is 0.120. The fourth-order valence-corrected chi connectivity index (χ4v) is 1.10. The van der Waals surface area contributed by atoms with Crippen LogP contribution in [-0.4, -0.2) is 22.8 Å². The van der Waals surface area contributed by atoms with Crippen molar-refractivity contribution in [1.29, 1.82) is 0 Å². The lowest BCUT2D eigenvalue weighted by Gasteiger charge is -2.11. The minimum absolute atomic E-state index is 0.0616. The summed E-state index contributed by atoms with van der Waals surface area (Å²) in [7, 11) is 0. The van der Waals surface area contributed by atoms with Gasteiger partial charge in [-0.05, 0) is 35.6 Å². The Morgan fingerprint density at radius 2 is 2.46 bits per heavy atom. The molecule has 3 nitrogen and oxygen atoms in total. The first kappa shape index (κ1) is 10.6. The Kier molecular flexibility index (Phi) is 3.86. The van der Waals surface area contributed by atoms with E-state index in [2.05, 4.69) is 4.98 Å². The molecular weight excluding hydrogens is 288 g/mol. The van der Waals surface area contributed by atoms with Crippen LogP contribution in [0.2, 0.25) is 0 Å². The van der Waals surface area contributed by atoms with Gasteiger partial charge in [0.2, 0.25) is 0 Å². The summed E-state index contributed by atoms with van der Waals surface area (Å²) in [6.45, 7) is 1.48. The average molecular weight is 297 g/mol. The highest BCUT2D eigenvalue weighted by atomic mass is 127. The summed E-state index contributed by atoms with van der Waals surface area (Å²) < 4.78 is 18.7. The highest BCUT2D eigenvalue weighted by Crippen LogP contribution is 2.19. The van der Waals surface area contributed by atoms with Gasteiger partial charge in [-0.15, -0.1) is 0 Å². The van der Waals surface area contributed by atoms with Crippen LogP contribution in [0.5, 0.6) is 5.88 Å². The third-order valence-corrected chi connectivity index (χ3v) is 2.21. The second-order valence-corrected chi connectivity index (χ2v) is 3.69. The summed E-state index contributed by atoms with van der Waals surface area (Å²) >= 11 is 1.85. The van der Waals surface area contributed by atoms with Gasteiger partial charge < -0.3 is 9.84 Å². The van der Waals surface area contributed by atoms with Crippen molar-refractivity contribution in [3.05, 3.63) is 21.7 Å². The van der Waals surface area contributed by atoms with Gasteiger partial charge in [-0.3, -0.25) is 0 Å². The quantitative estimate of drug-likeness (QED) is 0.862. The Hall–Kier alpha value is -0.430. The zero-order chi connectivity index (χ0) is 9.84. The number of pyridine rings is 1. The van der Waals surface area contributed by atoms with Gasteiger partial charge in [0.25, 0.3) is 5.88 Å². The Labute approximate surface area is 89.1 Å². The first-order chi connectivity index (χ1) is 6.15. The molecule has 0 saturated carbocycles. The molecule has 0 unspecified atom stereocenters. The summed E-state index contributed by atoms with van der Waals surface area (Å²) in [6.07, 6.45) is 1.02. The van der Waals surface area contributed by atoms with Crippen LogP contribution in [0, 0.1) is 9.39 Å². The van der Waals surface area contributed by atoms with Crippen molar-refractivity contribution in [3.8, 4) is 5.88 Å². The number of hydrogen-bond donors (Lipinski definition) is 1. The molecule has 0 amide bonds. The minimum atomic E-state index is -0.483. The summed E-state index contributed by atoms with van der Waals surface area (Å²) in [5.41, 5.74) is 0. The van der Waals surface area contributed by atoms with Crippen LogP contribution in [0.1, 0.15) is 6.92 Å². The molecule has 1 atom stereocenters. The number of aliphatic hydroxyl groups excluding tert-OH is 1. The van der Waals surface area contributed by atoms with Crippen molar-refractivity contribution in [1.82, 2.24) is 4.98 Å². The first-order valence-electron chi connectivity index (χ1n) is 3.72. The maximum atomic E-state index is 13.2. The van der Waals surface area contributed by atoms with Crippen LogP contribution in [0.25, 0.3) is 0 Å². The number of hydrogen-bond acceptors (Lipinski definition) is 3. The smallest absolute Gasteiger partial charge is 0.251 e. The van der Waals surface area contributed by atoms with Crippen LogP contribution in [0.15, 0.2) is 12.3 Å². The molecule has 0 bridgehead atoms. The molecular formula is C8H9FINO2. The fourth-order valence-electron chi connectivity index (χ4n) is 0.712. The Bertz CT molecular complexity index is 295. The standard InChI is InChI=1S/C8H9FINO2/c1-5(4-12)13-8-7(9)6(10)2-3-11-8/h2-3,5,12H,4H2,1H3/t5-/m1/s1. The van der Waals surface area contributed by atoms with E-state index in [0.717, 1.165) is 0 Å². The molecule has 0 aliphatic rings. The van der Waals surface area contributed by atoms with Crippen LogP contribution < -0.4 is 4.74 Å².